The molecule has 9 nitrogen and oxygen atoms in total. The average Bonchev–Trinajstić information content (AvgIpc) is 2.86. The van der Waals surface area contributed by atoms with Gasteiger partial charge < -0.3 is 34.4 Å². The molecule has 194 valence electrons. The number of fused-ring (bicyclic) bond motifs is 7. The van der Waals surface area contributed by atoms with E-state index in [1.165, 1.54) is 7.11 Å². The molecule has 1 fully saturated rings. The normalized spacial score (nSPS) is 24.7. The highest BCUT2D eigenvalue weighted by atomic mass is 16.5. The van der Waals surface area contributed by atoms with Gasteiger partial charge in [0.05, 0.1) is 52.1 Å². The molecule has 0 aliphatic carbocycles. The second kappa shape index (κ2) is 8.45. The van der Waals surface area contributed by atoms with E-state index < -0.39 is 24.2 Å². The van der Waals surface area contributed by atoms with E-state index in [4.69, 9.17) is 14.2 Å². The standard InChI is InChI=1S/C27H34N2O7/c1-11-12(2)25(35-6)19-14(22(11)31)8-16-21-20-15(24(34-5)13(3)26(36-7)23(20)32)9-17(28(21)4)27(33)29(16)18(19)10-30/h16-18,21,30-32H,8-10H2,1-7H3/t16-,17-,18-,21-/m0/s1. The van der Waals surface area contributed by atoms with Gasteiger partial charge in [-0.2, -0.15) is 0 Å². The van der Waals surface area contributed by atoms with Gasteiger partial charge in [-0.25, -0.2) is 0 Å². The highest BCUT2D eigenvalue weighted by molar-refractivity contribution is 5.87. The predicted octanol–water partition coefficient (Wildman–Crippen LogP) is 2.45. The summed E-state index contributed by atoms with van der Waals surface area (Å²) in [6.45, 7) is 5.21. The lowest BCUT2D eigenvalue weighted by Crippen LogP contribution is -2.67. The third-order valence-corrected chi connectivity index (χ3v) is 8.62. The Balaban J connectivity index is 1.80. The molecule has 0 unspecified atom stereocenters. The average molecular weight is 499 g/mol. The lowest BCUT2D eigenvalue weighted by atomic mass is 9.73. The van der Waals surface area contributed by atoms with Crippen LogP contribution in [0.1, 0.15) is 51.0 Å². The maximum Gasteiger partial charge on any atom is 0.241 e. The van der Waals surface area contributed by atoms with Crippen LogP contribution >= 0.6 is 0 Å². The first-order chi connectivity index (χ1) is 17.1. The van der Waals surface area contributed by atoms with E-state index >= 15 is 0 Å². The number of aromatic hydroxyl groups is 2. The van der Waals surface area contributed by atoms with E-state index in [1.54, 1.807) is 19.1 Å². The maximum absolute atomic E-state index is 14.0. The van der Waals surface area contributed by atoms with Crippen molar-refractivity contribution in [2.45, 2.75) is 57.8 Å². The number of hydrogen-bond donors (Lipinski definition) is 3. The van der Waals surface area contributed by atoms with Crippen LogP contribution in [-0.2, 0) is 17.6 Å². The van der Waals surface area contributed by atoms with E-state index in [0.717, 1.165) is 11.1 Å². The van der Waals surface area contributed by atoms with Crippen LogP contribution in [-0.4, -0.2) is 78.1 Å². The molecule has 3 aliphatic rings. The SMILES string of the molecule is COc1c(C)c(OC)c2c(c1O)[C@@H]1[C@@H]3Cc4c(O)c(C)c(C)c(OC)c4[C@H](CO)N3C(=O)[C@H](C2)N1C. The Morgan fingerprint density at radius 3 is 2.06 bits per heavy atom. The quantitative estimate of drug-likeness (QED) is 0.590. The Hall–Kier alpha value is -3.17. The highest BCUT2D eigenvalue weighted by Gasteiger charge is 2.56. The number of rotatable bonds is 4. The monoisotopic (exact) mass is 498 g/mol. The number of phenols is 2. The number of amides is 1. The molecular formula is C27H34N2O7. The van der Waals surface area contributed by atoms with E-state index in [1.807, 2.05) is 32.7 Å². The van der Waals surface area contributed by atoms with Crippen molar-refractivity contribution in [3.8, 4) is 28.7 Å². The Kier molecular flexibility index (Phi) is 5.76. The Morgan fingerprint density at radius 1 is 0.833 bits per heavy atom. The third-order valence-electron chi connectivity index (χ3n) is 8.62. The smallest absolute Gasteiger partial charge is 0.241 e. The largest absolute Gasteiger partial charge is 0.507 e. The molecule has 3 N–H and O–H groups in total. The molecule has 0 radical (unpaired) electrons. The molecule has 1 amide bonds. The molecule has 0 spiro atoms. The van der Waals surface area contributed by atoms with Gasteiger partial charge in [0.25, 0.3) is 0 Å². The summed E-state index contributed by atoms with van der Waals surface area (Å²) in [5.74, 6) is 1.60. The van der Waals surface area contributed by atoms with Gasteiger partial charge >= 0.3 is 0 Å². The summed E-state index contributed by atoms with van der Waals surface area (Å²) >= 11 is 0. The Bertz CT molecular complexity index is 1270. The molecule has 2 aromatic rings. The summed E-state index contributed by atoms with van der Waals surface area (Å²) in [6.07, 6.45) is 0.687. The number of carbonyl (C=O) groups is 1. The zero-order chi connectivity index (χ0) is 26.2. The molecule has 4 atom stereocenters. The molecule has 3 heterocycles. The van der Waals surface area contributed by atoms with Gasteiger partial charge in [0.15, 0.2) is 11.5 Å². The van der Waals surface area contributed by atoms with Crippen LogP contribution in [0.5, 0.6) is 28.7 Å². The number of likely N-dealkylation sites (N-methyl/N-ethyl adjacent to an activating group) is 1. The van der Waals surface area contributed by atoms with Crippen molar-refractivity contribution in [2.75, 3.05) is 35.0 Å². The Morgan fingerprint density at radius 2 is 1.47 bits per heavy atom. The molecule has 2 bridgehead atoms. The van der Waals surface area contributed by atoms with E-state index in [9.17, 15) is 20.1 Å². The van der Waals surface area contributed by atoms with Gasteiger partial charge in [0.1, 0.15) is 17.2 Å². The number of piperazine rings is 1. The number of phenolic OH excluding ortho intramolecular Hbond substituents is 2. The number of aliphatic hydroxyl groups is 1. The molecule has 1 saturated heterocycles. The zero-order valence-corrected chi connectivity index (χ0v) is 21.8. The topological polar surface area (TPSA) is 112 Å². The zero-order valence-electron chi connectivity index (χ0n) is 21.8. The van der Waals surface area contributed by atoms with E-state index in [2.05, 4.69) is 0 Å². The van der Waals surface area contributed by atoms with Gasteiger partial charge in [0, 0.05) is 34.2 Å². The summed E-state index contributed by atoms with van der Waals surface area (Å²) in [5, 5.41) is 33.3. The van der Waals surface area contributed by atoms with Crippen molar-refractivity contribution in [3.05, 3.63) is 38.9 Å². The van der Waals surface area contributed by atoms with Crippen molar-refractivity contribution in [1.82, 2.24) is 9.80 Å². The van der Waals surface area contributed by atoms with Crippen LogP contribution in [0.15, 0.2) is 0 Å². The fourth-order valence-electron chi connectivity index (χ4n) is 6.87. The lowest BCUT2D eigenvalue weighted by Gasteiger charge is -2.57. The predicted molar refractivity (Wildman–Crippen MR) is 132 cm³/mol. The lowest BCUT2D eigenvalue weighted by molar-refractivity contribution is -0.158. The van der Waals surface area contributed by atoms with E-state index in [0.29, 0.717) is 57.9 Å². The summed E-state index contributed by atoms with van der Waals surface area (Å²) in [5.41, 5.74) is 4.92. The molecule has 5 rings (SSSR count). The van der Waals surface area contributed by atoms with Gasteiger partial charge in [0.2, 0.25) is 5.91 Å². The number of carbonyl (C=O) groups excluding carboxylic acids is 1. The number of methoxy groups -OCH3 is 3. The fourth-order valence-corrected chi connectivity index (χ4v) is 6.87. The van der Waals surface area contributed by atoms with Crippen molar-refractivity contribution < 1.29 is 34.3 Å². The second-order valence-electron chi connectivity index (χ2n) is 10.0. The molecular weight excluding hydrogens is 464 g/mol. The molecule has 3 aliphatic heterocycles. The third kappa shape index (κ3) is 2.93. The van der Waals surface area contributed by atoms with Crippen molar-refractivity contribution in [3.63, 3.8) is 0 Å². The van der Waals surface area contributed by atoms with Crippen LogP contribution in [0.25, 0.3) is 0 Å². The highest BCUT2D eigenvalue weighted by Crippen LogP contribution is 2.57. The summed E-state index contributed by atoms with van der Waals surface area (Å²) in [7, 11) is 6.54. The maximum atomic E-state index is 14.0. The first-order valence-corrected chi connectivity index (χ1v) is 12.1. The molecule has 9 heteroatoms. The molecule has 2 aromatic carbocycles. The number of nitrogens with zero attached hydrogens (tertiary/aromatic N) is 2. The van der Waals surface area contributed by atoms with Crippen LogP contribution in [0.2, 0.25) is 0 Å². The van der Waals surface area contributed by atoms with Crippen molar-refractivity contribution in [1.29, 1.82) is 0 Å². The summed E-state index contributed by atoms with van der Waals surface area (Å²) in [4.78, 5) is 17.8. The number of ether oxygens (including phenoxy) is 3. The van der Waals surface area contributed by atoms with Crippen molar-refractivity contribution >= 4 is 5.91 Å². The minimum absolute atomic E-state index is 0.0311. The number of benzene rings is 2. The van der Waals surface area contributed by atoms with Gasteiger partial charge in [-0.3, -0.25) is 9.69 Å². The minimum Gasteiger partial charge on any atom is -0.507 e. The minimum atomic E-state index is -0.692. The summed E-state index contributed by atoms with van der Waals surface area (Å²) in [6, 6.07) is -2.05. The molecule has 36 heavy (non-hydrogen) atoms. The Labute approximate surface area is 210 Å². The van der Waals surface area contributed by atoms with Crippen LogP contribution in [0, 0.1) is 20.8 Å². The van der Waals surface area contributed by atoms with Crippen LogP contribution in [0.3, 0.4) is 0 Å². The number of aliphatic hydroxyl groups excluding tert-OH is 1. The first kappa shape index (κ1) is 24.5. The second-order valence-corrected chi connectivity index (χ2v) is 10.0. The van der Waals surface area contributed by atoms with Crippen molar-refractivity contribution in [2.24, 2.45) is 0 Å². The number of hydrogen-bond acceptors (Lipinski definition) is 8. The summed E-state index contributed by atoms with van der Waals surface area (Å²) < 4.78 is 17.1. The fraction of sp³-hybridized carbons (Fsp3) is 0.519. The molecule has 0 aromatic heterocycles. The van der Waals surface area contributed by atoms with Gasteiger partial charge in [-0.05, 0) is 45.4 Å². The van der Waals surface area contributed by atoms with Crippen LogP contribution in [0.4, 0.5) is 0 Å². The van der Waals surface area contributed by atoms with Crippen LogP contribution < -0.4 is 14.2 Å². The van der Waals surface area contributed by atoms with Gasteiger partial charge in [-0.1, -0.05) is 0 Å². The first-order valence-electron chi connectivity index (χ1n) is 12.1. The van der Waals surface area contributed by atoms with Gasteiger partial charge in [-0.15, -0.1) is 0 Å². The molecule has 0 saturated carbocycles. The van der Waals surface area contributed by atoms with E-state index in [-0.39, 0.29) is 24.0 Å².